The van der Waals surface area contributed by atoms with E-state index in [1.54, 1.807) is 38.9 Å². The van der Waals surface area contributed by atoms with Gasteiger partial charge in [0.15, 0.2) is 0 Å². The van der Waals surface area contributed by atoms with E-state index >= 15 is 0 Å². The fraction of sp³-hybridized carbons (Fsp3) is 0.314. The van der Waals surface area contributed by atoms with Crippen molar-refractivity contribution >= 4 is 16.0 Å². The molecule has 2 atom stereocenters. The lowest BCUT2D eigenvalue weighted by atomic mass is 10.1. The summed E-state index contributed by atoms with van der Waals surface area (Å²) in [6.07, 6.45) is 7.78. The van der Waals surface area contributed by atoms with E-state index in [4.69, 9.17) is 0 Å². The molecule has 5 aromatic rings. The average Bonchev–Trinajstić information content (AvgIpc) is 3.51. The summed E-state index contributed by atoms with van der Waals surface area (Å²) in [6.45, 7) is 2.69. The minimum atomic E-state index is -3.83. The van der Waals surface area contributed by atoms with E-state index < -0.39 is 16.0 Å². The van der Waals surface area contributed by atoms with Crippen molar-refractivity contribution < 1.29 is 18.3 Å². The fourth-order valence-corrected chi connectivity index (χ4v) is 7.56. The fourth-order valence-electron chi connectivity index (χ4n) is 6.05. The van der Waals surface area contributed by atoms with Gasteiger partial charge in [-0.15, -0.1) is 5.10 Å². The third-order valence-electron chi connectivity index (χ3n) is 8.53. The normalized spacial score (nSPS) is 16.2. The number of unbranched alkanes of at least 4 members (excludes halogenated alkanes) is 3. The van der Waals surface area contributed by atoms with Gasteiger partial charge in [0.2, 0.25) is 10.0 Å². The molecule has 0 aliphatic heterocycles. The van der Waals surface area contributed by atoms with E-state index in [0.29, 0.717) is 17.9 Å². The van der Waals surface area contributed by atoms with Crippen molar-refractivity contribution in [2.75, 3.05) is 6.54 Å². The van der Waals surface area contributed by atoms with Crippen LogP contribution in [0.1, 0.15) is 78.2 Å². The Balaban J connectivity index is 1.31. The third kappa shape index (κ3) is 6.66. The van der Waals surface area contributed by atoms with Crippen LogP contribution in [-0.2, 0) is 23.6 Å². The van der Waals surface area contributed by atoms with Gasteiger partial charge in [-0.2, -0.15) is 9.40 Å². The van der Waals surface area contributed by atoms with E-state index in [1.165, 1.54) is 6.20 Å². The van der Waals surface area contributed by atoms with Crippen molar-refractivity contribution in [3.8, 4) is 16.8 Å². The van der Waals surface area contributed by atoms with E-state index in [2.05, 4.69) is 22.3 Å². The van der Waals surface area contributed by atoms with Crippen LogP contribution < -0.4 is 0 Å². The number of carboxylic acid groups (broad SMARTS) is 1. The number of aryl methyl sites for hydroxylation is 1. The van der Waals surface area contributed by atoms with Crippen LogP contribution in [0.15, 0.2) is 96.2 Å². The highest BCUT2D eigenvalue weighted by molar-refractivity contribution is 7.89. The maximum absolute atomic E-state index is 14.2. The van der Waals surface area contributed by atoms with Crippen LogP contribution in [0.2, 0.25) is 0 Å². The van der Waals surface area contributed by atoms with Crippen LogP contribution in [0, 0.1) is 0 Å². The predicted molar refractivity (Wildman–Crippen MR) is 175 cm³/mol. The zero-order valence-corrected chi connectivity index (χ0v) is 26.8. The van der Waals surface area contributed by atoms with Crippen molar-refractivity contribution in [1.82, 2.24) is 29.1 Å². The summed E-state index contributed by atoms with van der Waals surface area (Å²) in [5.41, 5.74) is 4.85. The zero-order chi connectivity index (χ0) is 32.3. The van der Waals surface area contributed by atoms with Crippen LogP contribution in [0.5, 0.6) is 0 Å². The minimum Gasteiger partial charge on any atom is -0.478 e. The molecule has 11 heteroatoms. The second kappa shape index (κ2) is 13.4. The molecule has 1 aliphatic rings. The van der Waals surface area contributed by atoms with Gasteiger partial charge >= 0.3 is 5.97 Å². The van der Waals surface area contributed by atoms with Crippen LogP contribution in [0.3, 0.4) is 0 Å². The van der Waals surface area contributed by atoms with Crippen LogP contribution in [-0.4, -0.2) is 55.1 Å². The standard InChI is InChI=1S/C35H38N6O4S/c1-3-4-5-9-18-40(46(44,45)29-17-11-15-27(20-29)26-13-7-6-8-14-26)23-25-12-10-16-28(19-25)41-34(32(22-36-41)35(42)43)31-21-30(31)33-24-39(2)38-37-33/h6-8,10-17,19-20,22,24,30-31H,3-5,9,18,21,23H2,1-2H3,(H,42,43)/t30-,31-/m1/s1. The molecule has 1 N–H and O–H groups in total. The molecule has 10 nitrogen and oxygen atoms in total. The smallest absolute Gasteiger partial charge is 0.339 e. The number of sulfonamides is 1. The lowest BCUT2D eigenvalue weighted by Crippen LogP contribution is -2.31. The molecule has 46 heavy (non-hydrogen) atoms. The molecule has 0 radical (unpaired) electrons. The Bertz CT molecular complexity index is 1940. The Hall–Kier alpha value is -4.61. The van der Waals surface area contributed by atoms with Crippen molar-refractivity contribution in [2.45, 2.75) is 62.3 Å². The van der Waals surface area contributed by atoms with Crippen LogP contribution in [0.4, 0.5) is 0 Å². The van der Waals surface area contributed by atoms with E-state index in [-0.39, 0.29) is 28.8 Å². The summed E-state index contributed by atoms with van der Waals surface area (Å²) in [5, 5.41) is 22.8. The largest absolute Gasteiger partial charge is 0.478 e. The number of nitrogens with zero attached hydrogens (tertiary/aromatic N) is 6. The second-order valence-electron chi connectivity index (χ2n) is 11.9. The Kier molecular flexibility index (Phi) is 9.14. The van der Waals surface area contributed by atoms with Gasteiger partial charge in [-0.1, -0.05) is 86.0 Å². The molecule has 0 spiro atoms. The Morgan fingerprint density at radius 2 is 1.74 bits per heavy atom. The highest BCUT2D eigenvalue weighted by Crippen LogP contribution is 2.55. The maximum Gasteiger partial charge on any atom is 0.339 e. The highest BCUT2D eigenvalue weighted by atomic mass is 32.2. The summed E-state index contributed by atoms with van der Waals surface area (Å²) < 4.78 is 33.2. The molecule has 0 bridgehead atoms. The highest BCUT2D eigenvalue weighted by Gasteiger charge is 2.46. The zero-order valence-electron chi connectivity index (χ0n) is 26.0. The van der Waals surface area contributed by atoms with Crippen molar-refractivity contribution in [3.05, 3.63) is 114 Å². The molecule has 1 saturated carbocycles. The predicted octanol–water partition coefficient (Wildman–Crippen LogP) is 6.41. The number of hydrogen-bond donors (Lipinski definition) is 1. The van der Waals surface area contributed by atoms with Gasteiger partial charge in [-0.3, -0.25) is 4.68 Å². The molecule has 2 heterocycles. The Morgan fingerprint density at radius 1 is 0.957 bits per heavy atom. The molecule has 2 aromatic heterocycles. The Morgan fingerprint density at radius 3 is 2.48 bits per heavy atom. The molecule has 0 saturated heterocycles. The number of benzene rings is 3. The molecule has 1 aliphatic carbocycles. The number of carbonyl (C=O) groups is 1. The van der Waals surface area contributed by atoms with Gasteiger partial charge in [-0.05, 0) is 53.8 Å². The molecule has 0 unspecified atom stereocenters. The molecular formula is C35H38N6O4S. The second-order valence-corrected chi connectivity index (χ2v) is 13.8. The monoisotopic (exact) mass is 638 g/mol. The van der Waals surface area contributed by atoms with Gasteiger partial charge in [0, 0.05) is 38.2 Å². The summed E-state index contributed by atoms with van der Waals surface area (Å²) in [5.74, 6) is -1.05. The topological polar surface area (TPSA) is 123 Å². The molecule has 6 rings (SSSR count). The quantitative estimate of drug-likeness (QED) is 0.140. The van der Waals surface area contributed by atoms with E-state index in [1.807, 2.05) is 66.9 Å². The molecule has 0 amide bonds. The SMILES string of the molecule is CCCCCCN(Cc1cccc(-n2ncc(C(=O)O)c2[C@@H]2C[C@H]2c2cn(C)nn2)c1)S(=O)(=O)c1cccc(-c2ccccc2)c1. The van der Waals surface area contributed by atoms with Gasteiger partial charge in [0.1, 0.15) is 5.56 Å². The number of aromatic nitrogens is 5. The number of aromatic carboxylic acids is 1. The lowest BCUT2D eigenvalue weighted by Gasteiger charge is -2.23. The van der Waals surface area contributed by atoms with Crippen molar-refractivity contribution in [1.29, 1.82) is 0 Å². The summed E-state index contributed by atoms with van der Waals surface area (Å²) in [4.78, 5) is 12.5. The summed E-state index contributed by atoms with van der Waals surface area (Å²) in [7, 11) is -2.03. The third-order valence-corrected chi connectivity index (χ3v) is 10.4. The van der Waals surface area contributed by atoms with Crippen LogP contribution >= 0.6 is 0 Å². The summed E-state index contributed by atoms with van der Waals surface area (Å²) in [6, 6.07) is 24.4. The average molecular weight is 639 g/mol. The first kappa shape index (κ1) is 31.4. The lowest BCUT2D eigenvalue weighted by molar-refractivity contribution is 0.0695. The number of carboxylic acids is 1. The summed E-state index contributed by atoms with van der Waals surface area (Å²) >= 11 is 0. The molecule has 1 fully saturated rings. The first-order valence-electron chi connectivity index (χ1n) is 15.7. The number of hydrogen-bond acceptors (Lipinski definition) is 6. The first-order chi connectivity index (χ1) is 22.3. The van der Waals surface area contributed by atoms with E-state index in [0.717, 1.165) is 54.5 Å². The molecule has 3 aromatic carbocycles. The Labute approximate surface area is 269 Å². The van der Waals surface area contributed by atoms with E-state index in [9.17, 15) is 18.3 Å². The molecular weight excluding hydrogens is 600 g/mol. The number of rotatable bonds is 14. The maximum atomic E-state index is 14.2. The van der Waals surface area contributed by atoms with Crippen molar-refractivity contribution in [2.24, 2.45) is 7.05 Å². The van der Waals surface area contributed by atoms with Crippen LogP contribution in [0.25, 0.3) is 16.8 Å². The first-order valence-corrected chi connectivity index (χ1v) is 17.1. The minimum absolute atomic E-state index is 0.0563. The van der Waals surface area contributed by atoms with Gasteiger partial charge in [-0.25, -0.2) is 17.9 Å². The van der Waals surface area contributed by atoms with Crippen molar-refractivity contribution in [3.63, 3.8) is 0 Å². The van der Waals surface area contributed by atoms with Gasteiger partial charge < -0.3 is 5.11 Å². The molecule has 238 valence electrons. The van der Waals surface area contributed by atoms with Gasteiger partial charge in [0.05, 0.1) is 28.2 Å². The van der Waals surface area contributed by atoms with Gasteiger partial charge in [0.25, 0.3) is 0 Å².